The fourth-order valence-electron chi connectivity index (χ4n) is 1.15. The van der Waals surface area contributed by atoms with Crippen molar-refractivity contribution in [1.82, 2.24) is 10.3 Å². The third kappa shape index (κ3) is 4.77. The van der Waals surface area contributed by atoms with E-state index in [-0.39, 0.29) is 18.7 Å². The van der Waals surface area contributed by atoms with Crippen molar-refractivity contribution in [2.45, 2.75) is 19.3 Å². The van der Waals surface area contributed by atoms with Gasteiger partial charge in [0.2, 0.25) is 5.91 Å². The van der Waals surface area contributed by atoms with Gasteiger partial charge in [-0.3, -0.25) is 9.78 Å². The Kier molecular flexibility index (Phi) is 4.88. The molecule has 0 fully saturated rings. The molecule has 1 N–H and O–H groups in total. The number of hydrogen-bond acceptors (Lipinski definition) is 3. The zero-order chi connectivity index (χ0) is 10.9. The van der Waals surface area contributed by atoms with Gasteiger partial charge in [-0.15, -0.1) is 0 Å². The van der Waals surface area contributed by atoms with Gasteiger partial charge in [-0.25, -0.2) is 0 Å². The second-order valence-corrected chi connectivity index (χ2v) is 3.11. The molecule has 0 saturated heterocycles. The number of carbonyl (C=O) groups is 1. The molecule has 0 saturated carbocycles. The summed E-state index contributed by atoms with van der Waals surface area (Å²) >= 11 is 0. The summed E-state index contributed by atoms with van der Waals surface area (Å²) in [7, 11) is 0. The number of nitrogens with zero attached hydrogens (tertiary/aromatic N) is 2. The SMILES string of the molecule is N#CCCC(=O)NCCc1ccncc1. The first-order chi connectivity index (χ1) is 7.33. The van der Waals surface area contributed by atoms with Crippen LogP contribution in [0.25, 0.3) is 0 Å². The Labute approximate surface area is 88.9 Å². The predicted molar refractivity (Wildman–Crippen MR) is 55.8 cm³/mol. The highest BCUT2D eigenvalue weighted by Gasteiger charge is 1.99. The van der Waals surface area contributed by atoms with E-state index in [0.717, 1.165) is 12.0 Å². The maximum Gasteiger partial charge on any atom is 0.221 e. The van der Waals surface area contributed by atoms with Crippen LogP contribution in [0.2, 0.25) is 0 Å². The Hall–Kier alpha value is -1.89. The first-order valence-electron chi connectivity index (χ1n) is 4.85. The number of hydrogen-bond donors (Lipinski definition) is 1. The zero-order valence-corrected chi connectivity index (χ0v) is 8.44. The average Bonchev–Trinajstić information content (AvgIpc) is 2.28. The van der Waals surface area contributed by atoms with Gasteiger partial charge in [0.05, 0.1) is 6.07 Å². The van der Waals surface area contributed by atoms with Gasteiger partial charge in [0.25, 0.3) is 0 Å². The molecule has 4 heteroatoms. The molecule has 1 aromatic rings. The van der Waals surface area contributed by atoms with Crippen LogP contribution in [0.5, 0.6) is 0 Å². The van der Waals surface area contributed by atoms with Crippen molar-refractivity contribution >= 4 is 5.91 Å². The molecule has 0 aliphatic rings. The van der Waals surface area contributed by atoms with E-state index < -0.39 is 0 Å². The fraction of sp³-hybridized carbons (Fsp3) is 0.364. The van der Waals surface area contributed by atoms with Crippen molar-refractivity contribution in [3.63, 3.8) is 0 Å². The quantitative estimate of drug-likeness (QED) is 0.777. The number of nitrogens with one attached hydrogen (secondary N) is 1. The van der Waals surface area contributed by atoms with Gasteiger partial charge in [0.15, 0.2) is 0 Å². The number of carbonyl (C=O) groups excluding carboxylic acids is 1. The molecule has 78 valence electrons. The van der Waals surface area contributed by atoms with E-state index in [1.54, 1.807) is 12.4 Å². The van der Waals surface area contributed by atoms with E-state index in [4.69, 9.17) is 5.26 Å². The first kappa shape index (κ1) is 11.2. The van der Waals surface area contributed by atoms with Crippen molar-refractivity contribution in [3.8, 4) is 6.07 Å². The lowest BCUT2D eigenvalue weighted by molar-refractivity contribution is -0.120. The molecule has 0 radical (unpaired) electrons. The topological polar surface area (TPSA) is 65.8 Å². The van der Waals surface area contributed by atoms with Gasteiger partial charge in [-0.05, 0) is 24.1 Å². The Morgan fingerprint density at radius 1 is 1.47 bits per heavy atom. The molecule has 1 aromatic heterocycles. The largest absolute Gasteiger partial charge is 0.356 e. The van der Waals surface area contributed by atoms with Crippen LogP contribution < -0.4 is 5.32 Å². The Bertz CT molecular complexity index is 343. The lowest BCUT2D eigenvalue weighted by Gasteiger charge is -2.03. The Morgan fingerprint density at radius 2 is 2.20 bits per heavy atom. The molecular weight excluding hydrogens is 190 g/mol. The third-order valence-electron chi connectivity index (χ3n) is 1.95. The van der Waals surface area contributed by atoms with Crippen LogP contribution in [-0.4, -0.2) is 17.4 Å². The van der Waals surface area contributed by atoms with E-state index in [1.807, 2.05) is 18.2 Å². The molecule has 0 atom stereocenters. The monoisotopic (exact) mass is 203 g/mol. The van der Waals surface area contributed by atoms with E-state index in [9.17, 15) is 4.79 Å². The van der Waals surface area contributed by atoms with Crippen LogP contribution in [0, 0.1) is 11.3 Å². The standard InChI is InChI=1S/C11H13N3O/c12-6-1-2-11(15)14-9-5-10-3-7-13-8-4-10/h3-4,7-8H,1-2,5,9H2,(H,14,15). The Balaban J connectivity index is 2.17. The highest BCUT2D eigenvalue weighted by atomic mass is 16.1. The Morgan fingerprint density at radius 3 is 2.87 bits per heavy atom. The molecule has 15 heavy (non-hydrogen) atoms. The van der Waals surface area contributed by atoms with Crippen LogP contribution in [0.3, 0.4) is 0 Å². The van der Waals surface area contributed by atoms with E-state index >= 15 is 0 Å². The van der Waals surface area contributed by atoms with Crippen molar-refractivity contribution in [2.75, 3.05) is 6.54 Å². The minimum absolute atomic E-state index is 0.0643. The summed E-state index contributed by atoms with van der Waals surface area (Å²) in [5, 5.41) is 11.0. The molecule has 1 amide bonds. The van der Waals surface area contributed by atoms with Crippen LogP contribution in [0.1, 0.15) is 18.4 Å². The molecule has 1 heterocycles. The summed E-state index contributed by atoms with van der Waals surface area (Å²) in [5.74, 6) is -0.0643. The van der Waals surface area contributed by atoms with Crippen LogP contribution in [0.4, 0.5) is 0 Å². The lowest BCUT2D eigenvalue weighted by Crippen LogP contribution is -2.25. The minimum atomic E-state index is -0.0643. The lowest BCUT2D eigenvalue weighted by atomic mass is 10.2. The summed E-state index contributed by atoms with van der Waals surface area (Å²) in [4.78, 5) is 15.0. The highest BCUT2D eigenvalue weighted by molar-refractivity contribution is 5.76. The van der Waals surface area contributed by atoms with Crippen LogP contribution >= 0.6 is 0 Å². The second kappa shape index (κ2) is 6.55. The van der Waals surface area contributed by atoms with Gasteiger partial charge in [-0.2, -0.15) is 5.26 Å². The number of rotatable bonds is 5. The minimum Gasteiger partial charge on any atom is -0.356 e. The first-order valence-corrected chi connectivity index (χ1v) is 4.85. The molecule has 0 unspecified atom stereocenters. The number of aromatic nitrogens is 1. The summed E-state index contributed by atoms with van der Waals surface area (Å²) in [5.41, 5.74) is 1.14. The maximum absolute atomic E-state index is 11.1. The van der Waals surface area contributed by atoms with E-state index in [0.29, 0.717) is 6.54 Å². The molecule has 0 aromatic carbocycles. The molecule has 1 rings (SSSR count). The average molecular weight is 203 g/mol. The predicted octanol–water partition coefficient (Wildman–Crippen LogP) is 1.04. The highest BCUT2D eigenvalue weighted by Crippen LogP contribution is 1.96. The summed E-state index contributed by atoms with van der Waals surface area (Å²) in [6.45, 7) is 0.605. The van der Waals surface area contributed by atoms with Gasteiger partial charge in [0, 0.05) is 31.8 Å². The van der Waals surface area contributed by atoms with Gasteiger partial charge < -0.3 is 5.32 Å². The molecule has 0 bridgehead atoms. The molecule has 0 spiro atoms. The van der Waals surface area contributed by atoms with Crippen molar-refractivity contribution in [3.05, 3.63) is 30.1 Å². The third-order valence-corrected chi connectivity index (χ3v) is 1.95. The molecular formula is C11H13N3O. The van der Waals surface area contributed by atoms with Crippen molar-refractivity contribution in [1.29, 1.82) is 5.26 Å². The fourth-order valence-corrected chi connectivity index (χ4v) is 1.15. The van der Waals surface area contributed by atoms with E-state index in [1.165, 1.54) is 0 Å². The van der Waals surface area contributed by atoms with Gasteiger partial charge in [0.1, 0.15) is 0 Å². The van der Waals surface area contributed by atoms with Crippen molar-refractivity contribution < 1.29 is 4.79 Å². The number of nitriles is 1. The number of pyridine rings is 1. The number of amides is 1. The second-order valence-electron chi connectivity index (χ2n) is 3.11. The van der Waals surface area contributed by atoms with Gasteiger partial charge >= 0.3 is 0 Å². The summed E-state index contributed by atoms with van der Waals surface area (Å²) < 4.78 is 0. The zero-order valence-electron chi connectivity index (χ0n) is 8.44. The normalized spacial score (nSPS) is 9.27. The van der Waals surface area contributed by atoms with Crippen molar-refractivity contribution in [2.24, 2.45) is 0 Å². The van der Waals surface area contributed by atoms with Gasteiger partial charge in [-0.1, -0.05) is 0 Å². The smallest absolute Gasteiger partial charge is 0.221 e. The molecule has 0 aliphatic heterocycles. The maximum atomic E-state index is 11.1. The van der Waals surface area contributed by atoms with Crippen LogP contribution in [0.15, 0.2) is 24.5 Å². The van der Waals surface area contributed by atoms with E-state index in [2.05, 4.69) is 10.3 Å². The molecule has 4 nitrogen and oxygen atoms in total. The summed E-state index contributed by atoms with van der Waals surface area (Å²) in [6, 6.07) is 5.77. The molecule has 0 aliphatic carbocycles. The van der Waals surface area contributed by atoms with Crippen LogP contribution in [-0.2, 0) is 11.2 Å². The summed E-state index contributed by atoms with van der Waals surface area (Å²) in [6.07, 6.45) is 4.81.